The van der Waals surface area contributed by atoms with E-state index in [1.54, 1.807) is 6.92 Å². The summed E-state index contributed by atoms with van der Waals surface area (Å²) < 4.78 is 5.26. The molecule has 1 heterocycles. The minimum atomic E-state index is -0.836. The van der Waals surface area contributed by atoms with Crippen LogP contribution in [0.3, 0.4) is 0 Å². The van der Waals surface area contributed by atoms with Crippen molar-refractivity contribution in [2.75, 3.05) is 6.54 Å². The van der Waals surface area contributed by atoms with Gasteiger partial charge in [0.15, 0.2) is 0 Å². The van der Waals surface area contributed by atoms with E-state index >= 15 is 0 Å². The van der Waals surface area contributed by atoms with E-state index in [0.29, 0.717) is 25.1 Å². The maximum atomic E-state index is 11.6. The normalized spacial score (nSPS) is 22.0. The SMILES string of the molecule is C=C(C)C(=O)OC1CCN(Cc2ccccc2)C([N+](=O)[O-])C1. The van der Waals surface area contributed by atoms with Crippen molar-refractivity contribution in [2.24, 2.45) is 0 Å². The zero-order valence-electron chi connectivity index (χ0n) is 12.6. The smallest absolute Gasteiger partial charge is 0.333 e. The lowest BCUT2D eigenvalue weighted by atomic mass is 10.0. The Hall–Kier alpha value is -2.21. The number of hydrogen-bond donors (Lipinski definition) is 0. The molecule has 22 heavy (non-hydrogen) atoms. The van der Waals surface area contributed by atoms with Gasteiger partial charge in [0.1, 0.15) is 6.10 Å². The van der Waals surface area contributed by atoms with Crippen LogP contribution in [0.2, 0.25) is 0 Å². The average Bonchev–Trinajstić information content (AvgIpc) is 2.49. The van der Waals surface area contributed by atoms with Crippen molar-refractivity contribution < 1.29 is 14.5 Å². The molecule has 2 atom stereocenters. The maximum absolute atomic E-state index is 11.6. The molecule has 6 nitrogen and oxygen atoms in total. The molecule has 1 aromatic carbocycles. The second-order valence-electron chi connectivity index (χ2n) is 5.55. The van der Waals surface area contributed by atoms with Gasteiger partial charge in [-0.3, -0.25) is 10.1 Å². The molecule has 6 heteroatoms. The fourth-order valence-electron chi connectivity index (χ4n) is 2.54. The minimum Gasteiger partial charge on any atom is -0.459 e. The highest BCUT2D eigenvalue weighted by atomic mass is 16.6. The summed E-state index contributed by atoms with van der Waals surface area (Å²) in [7, 11) is 0. The molecular weight excluding hydrogens is 284 g/mol. The van der Waals surface area contributed by atoms with Crippen LogP contribution in [0.15, 0.2) is 42.5 Å². The van der Waals surface area contributed by atoms with Crippen molar-refractivity contribution in [3.8, 4) is 0 Å². The van der Waals surface area contributed by atoms with Crippen LogP contribution >= 0.6 is 0 Å². The minimum absolute atomic E-state index is 0.207. The number of rotatable bonds is 5. The number of benzene rings is 1. The van der Waals surface area contributed by atoms with Crippen molar-refractivity contribution in [3.63, 3.8) is 0 Å². The summed E-state index contributed by atoms with van der Waals surface area (Å²) in [5, 5.41) is 11.3. The topological polar surface area (TPSA) is 72.7 Å². The molecule has 1 aromatic rings. The second kappa shape index (κ2) is 7.17. The first kappa shape index (κ1) is 16.2. The molecule has 1 fully saturated rings. The van der Waals surface area contributed by atoms with Crippen LogP contribution in [0.4, 0.5) is 0 Å². The highest BCUT2D eigenvalue weighted by molar-refractivity contribution is 5.87. The quantitative estimate of drug-likeness (QED) is 0.361. The molecule has 0 bridgehead atoms. The Bertz CT molecular complexity index is 559. The van der Waals surface area contributed by atoms with Crippen LogP contribution < -0.4 is 0 Å². The molecule has 1 saturated heterocycles. The first-order valence-electron chi connectivity index (χ1n) is 7.25. The van der Waals surface area contributed by atoms with E-state index in [1.807, 2.05) is 35.2 Å². The van der Waals surface area contributed by atoms with Crippen LogP contribution in [0.1, 0.15) is 25.3 Å². The number of nitrogens with zero attached hydrogens (tertiary/aromatic N) is 2. The summed E-state index contributed by atoms with van der Waals surface area (Å²) in [4.78, 5) is 24.4. The largest absolute Gasteiger partial charge is 0.459 e. The summed E-state index contributed by atoms with van der Waals surface area (Å²) in [6.07, 6.45) is -0.460. The third-order valence-corrected chi connectivity index (χ3v) is 3.73. The summed E-state index contributed by atoms with van der Waals surface area (Å²) in [5.74, 6) is -0.483. The Morgan fingerprint density at radius 1 is 1.45 bits per heavy atom. The van der Waals surface area contributed by atoms with Gasteiger partial charge in [-0.1, -0.05) is 36.9 Å². The second-order valence-corrected chi connectivity index (χ2v) is 5.55. The fraction of sp³-hybridized carbons (Fsp3) is 0.438. The molecule has 0 amide bonds. The summed E-state index contributed by atoms with van der Waals surface area (Å²) in [6.45, 7) is 6.14. The third kappa shape index (κ3) is 4.14. The van der Waals surface area contributed by atoms with Crippen molar-refractivity contribution in [2.45, 2.75) is 38.6 Å². The molecule has 118 valence electrons. The highest BCUT2D eigenvalue weighted by Gasteiger charge is 2.37. The Kier molecular flexibility index (Phi) is 5.27. The lowest BCUT2D eigenvalue weighted by Gasteiger charge is -2.33. The van der Waals surface area contributed by atoms with E-state index in [4.69, 9.17) is 4.74 Å². The summed E-state index contributed by atoms with van der Waals surface area (Å²) in [6, 6.07) is 9.64. The Morgan fingerprint density at radius 3 is 2.73 bits per heavy atom. The van der Waals surface area contributed by atoms with Gasteiger partial charge in [-0.25, -0.2) is 9.69 Å². The monoisotopic (exact) mass is 304 g/mol. The molecule has 2 rings (SSSR count). The zero-order chi connectivity index (χ0) is 16.1. The molecule has 0 radical (unpaired) electrons. The predicted octanol–water partition coefficient (Wildman–Crippen LogP) is 2.37. The number of likely N-dealkylation sites (tertiary alicyclic amines) is 1. The van der Waals surface area contributed by atoms with E-state index in [1.165, 1.54) is 0 Å². The molecule has 2 unspecified atom stereocenters. The van der Waals surface area contributed by atoms with E-state index in [2.05, 4.69) is 6.58 Å². The van der Waals surface area contributed by atoms with E-state index in [0.717, 1.165) is 5.56 Å². The summed E-state index contributed by atoms with van der Waals surface area (Å²) >= 11 is 0. The van der Waals surface area contributed by atoms with Gasteiger partial charge in [-0.15, -0.1) is 0 Å². The summed E-state index contributed by atoms with van der Waals surface area (Å²) in [5.41, 5.74) is 1.34. The maximum Gasteiger partial charge on any atom is 0.333 e. The lowest BCUT2D eigenvalue weighted by Crippen LogP contribution is -2.48. The van der Waals surface area contributed by atoms with Crippen molar-refractivity contribution >= 4 is 5.97 Å². The third-order valence-electron chi connectivity index (χ3n) is 3.73. The van der Waals surface area contributed by atoms with Gasteiger partial charge < -0.3 is 4.74 Å². The van der Waals surface area contributed by atoms with Gasteiger partial charge in [0.25, 0.3) is 6.17 Å². The van der Waals surface area contributed by atoms with Crippen LogP contribution in [-0.2, 0) is 16.1 Å². The van der Waals surface area contributed by atoms with Gasteiger partial charge in [0.2, 0.25) is 0 Å². The van der Waals surface area contributed by atoms with Crippen molar-refractivity contribution in [1.29, 1.82) is 0 Å². The first-order chi connectivity index (χ1) is 10.5. The van der Waals surface area contributed by atoms with Crippen LogP contribution in [0, 0.1) is 10.1 Å². The fourth-order valence-corrected chi connectivity index (χ4v) is 2.54. The van der Waals surface area contributed by atoms with Gasteiger partial charge in [-0.2, -0.15) is 0 Å². The van der Waals surface area contributed by atoms with Gasteiger partial charge in [0.05, 0.1) is 6.42 Å². The zero-order valence-corrected chi connectivity index (χ0v) is 12.6. The number of carbonyl (C=O) groups is 1. The van der Waals surface area contributed by atoms with E-state index in [-0.39, 0.29) is 11.3 Å². The Labute approximate surface area is 129 Å². The lowest BCUT2D eigenvalue weighted by molar-refractivity contribution is -0.557. The van der Waals surface area contributed by atoms with Gasteiger partial charge in [0, 0.05) is 23.6 Å². The number of ether oxygens (including phenoxy) is 1. The van der Waals surface area contributed by atoms with E-state index in [9.17, 15) is 14.9 Å². The number of hydrogen-bond acceptors (Lipinski definition) is 5. The molecule has 0 aliphatic carbocycles. The predicted molar refractivity (Wildman–Crippen MR) is 81.6 cm³/mol. The Balaban J connectivity index is 2.01. The molecule has 1 aliphatic heterocycles. The van der Waals surface area contributed by atoms with Gasteiger partial charge >= 0.3 is 5.97 Å². The molecule has 0 spiro atoms. The number of nitro groups is 1. The number of carbonyl (C=O) groups excluding carboxylic acids is 1. The first-order valence-corrected chi connectivity index (χ1v) is 7.25. The molecule has 0 N–H and O–H groups in total. The highest BCUT2D eigenvalue weighted by Crippen LogP contribution is 2.23. The van der Waals surface area contributed by atoms with E-state index < -0.39 is 18.2 Å². The number of esters is 1. The standard InChI is InChI=1S/C16H20N2O4/c1-12(2)16(19)22-14-8-9-17(15(10-14)18(20)21)11-13-6-4-3-5-7-13/h3-7,14-15H,1,8-11H2,2H3. The Morgan fingerprint density at radius 2 is 2.14 bits per heavy atom. The van der Waals surface area contributed by atoms with Crippen LogP contribution in [0.25, 0.3) is 0 Å². The van der Waals surface area contributed by atoms with Crippen LogP contribution in [-0.4, -0.2) is 34.6 Å². The molecule has 0 saturated carbocycles. The molecular formula is C16H20N2O4. The van der Waals surface area contributed by atoms with Crippen molar-refractivity contribution in [1.82, 2.24) is 4.90 Å². The van der Waals surface area contributed by atoms with Crippen LogP contribution in [0.5, 0.6) is 0 Å². The average molecular weight is 304 g/mol. The molecule has 1 aliphatic rings. The number of piperidine rings is 1. The van der Waals surface area contributed by atoms with Crippen molar-refractivity contribution in [3.05, 3.63) is 58.2 Å². The molecule has 0 aromatic heterocycles. The van der Waals surface area contributed by atoms with Gasteiger partial charge in [-0.05, 0) is 18.9 Å².